The maximum Gasteiger partial charge on any atom is 0.220 e. The second-order valence-electron chi connectivity index (χ2n) is 8.65. The molecule has 0 unspecified atom stereocenters. The number of guanidine groups is 1. The van der Waals surface area contributed by atoms with Crippen molar-refractivity contribution in [2.45, 2.75) is 32.7 Å². The molecule has 2 N–H and O–H groups in total. The largest absolute Gasteiger partial charge is 0.359 e. The highest BCUT2D eigenvalue weighted by Gasteiger charge is 2.23. The lowest BCUT2D eigenvalue weighted by Crippen LogP contribution is -2.47. The van der Waals surface area contributed by atoms with Gasteiger partial charge in [0.15, 0.2) is 5.96 Å². The van der Waals surface area contributed by atoms with Crippen LogP contribution in [0.3, 0.4) is 0 Å². The highest BCUT2D eigenvalue weighted by molar-refractivity contribution is 5.80. The number of piperazine rings is 1. The van der Waals surface area contributed by atoms with Gasteiger partial charge in [-0.05, 0) is 31.2 Å². The topological polar surface area (TPSA) is 63.2 Å². The molecule has 0 aliphatic carbocycles. The van der Waals surface area contributed by atoms with Gasteiger partial charge in [-0.15, -0.1) is 0 Å². The van der Waals surface area contributed by atoms with E-state index in [1.54, 1.807) is 7.05 Å². The number of rotatable bonds is 8. The summed E-state index contributed by atoms with van der Waals surface area (Å²) in [5.74, 6) is 1.68. The Bertz CT molecular complexity index is 679. The Morgan fingerprint density at radius 3 is 2.35 bits per heavy atom. The lowest BCUT2D eigenvalue weighted by Gasteiger charge is -2.35. The minimum absolute atomic E-state index is 0.155. The Labute approximate surface area is 187 Å². The zero-order valence-electron chi connectivity index (χ0n) is 19.4. The number of aliphatic imine (C=N–C) groups is 1. The third-order valence-electron chi connectivity index (χ3n) is 6.39. The maximum absolute atomic E-state index is 11.6. The smallest absolute Gasteiger partial charge is 0.220 e. The van der Waals surface area contributed by atoms with Crippen LogP contribution in [0.2, 0.25) is 0 Å². The van der Waals surface area contributed by atoms with Gasteiger partial charge >= 0.3 is 0 Å². The van der Waals surface area contributed by atoms with Crippen LogP contribution >= 0.6 is 0 Å². The molecule has 2 aliphatic heterocycles. The van der Waals surface area contributed by atoms with E-state index in [4.69, 9.17) is 4.99 Å². The van der Waals surface area contributed by atoms with Crippen LogP contribution in [-0.4, -0.2) is 92.5 Å². The van der Waals surface area contributed by atoms with Crippen molar-refractivity contribution in [1.82, 2.24) is 25.3 Å². The van der Waals surface area contributed by atoms with Crippen LogP contribution < -0.4 is 10.6 Å². The summed E-state index contributed by atoms with van der Waals surface area (Å²) in [7, 11) is 1.72. The third-order valence-corrected chi connectivity index (χ3v) is 6.39. The quantitative estimate of drug-likeness (QED) is 0.487. The number of carbonyl (C=O) groups excluding carboxylic acids is 1. The van der Waals surface area contributed by atoms with Crippen LogP contribution in [-0.2, 0) is 11.3 Å². The average molecular weight is 429 g/mol. The average Bonchev–Trinajstić information content (AvgIpc) is 2.81. The van der Waals surface area contributed by atoms with E-state index in [9.17, 15) is 4.79 Å². The first-order valence-electron chi connectivity index (χ1n) is 11.9. The fraction of sp³-hybridized carbons (Fsp3) is 0.667. The van der Waals surface area contributed by atoms with Gasteiger partial charge in [-0.2, -0.15) is 0 Å². The summed E-state index contributed by atoms with van der Waals surface area (Å²) in [4.78, 5) is 24.0. The Morgan fingerprint density at radius 1 is 1.03 bits per heavy atom. The summed E-state index contributed by atoms with van der Waals surface area (Å²) < 4.78 is 0. The predicted octanol–water partition coefficient (Wildman–Crippen LogP) is 1.62. The van der Waals surface area contributed by atoms with E-state index in [0.717, 1.165) is 84.2 Å². The van der Waals surface area contributed by atoms with Gasteiger partial charge in [0.25, 0.3) is 0 Å². The molecule has 1 amide bonds. The molecular weight excluding hydrogens is 388 g/mol. The summed E-state index contributed by atoms with van der Waals surface area (Å²) in [6, 6.07) is 10.7. The van der Waals surface area contributed by atoms with Gasteiger partial charge in [-0.25, -0.2) is 0 Å². The molecule has 2 fully saturated rings. The molecule has 1 aromatic carbocycles. The van der Waals surface area contributed by atoms with Crippen molar-refractivity contribution in [1.29, 1.82) is 0 Å². The predicted molar refractivity (Wildman–Crippen MR) is 127 cm³/mol. The van der Waals surface area contributed by atoms with Crippen molar-refractivity contribution < 1.29 is 4.79 Å². The van der Waals surface area contributed by atoms with Crippen LogP contribution in [0, 0.1) is 5.92 Å². The normalized spacial score (nSPS) is 19.4. The molecule has 1 aromatic rings. The SMILES string of the molecule is CCNC(=NCCN1CCN(Cc2ccccc2)CC1)N1CCC(CC(=O)NC)CC1. The fourth-order valence-corrected chi connectivity index (χ4v) is 4.45. The highest BCUT2D eigenvalue weighted by Crippen LogP contribution is 2.20. The summed E-state index contributed by atoms with van der Waals surface area (Å²) in [6.45, 7) is 12.3. The molecule has 0 aromatic heterocycles. The minimum Gasteiger partial charge on any atom is -0.359 e. The van der Waals surface area contributed by atoms with Crippen molar-refractivity contribution in [2.75, 3.05) is 66.0 Å². The number of nitrogens with zero attached hydrogens (tertiary/aromatic N) is 4. The number of hydrogen-bond donors (Lipinski definition) is 2. The number of nitrogens with one attached hydrogen (secondary N) is 2. The Kier molecular flexibility index (Phi) is 9.62. The molecule has 2 saturated heterocycles. The minimum atomic E-state index is 0.155. The molecule has 0 radical (unpaired) electrons. The van der Waals surface area contributed by atoms with Crippen molar-refractivity contribution in [3.05, 3.63) is 35.9 Å². The van der Waals surface area contributed by atoms with E-state index < -0.39 is 0 Å². The number of piperidine rings is 1. The van der Waals surface area contributed by atoms with E-state index in [0.29, 0.717) is 12.3 Å². The first-order valence-corrected chi connectivity index (χ1v) is 11.9. The summed E-state index contributed by atoms with van der Waals surface area (Å²) in [6.07, 6.45) is 2.76. The van der Waals surface area contributed by atoms with Gasteiger partial charge in [0.1, 0.15) is 0 Å². The van der Waals surface area contributed by atoms with E-state index in [-0.39, 0.29) is 5.91 Å². The van der Waals surface area contributed by atoms with Crippen LogP contribution in [0.25, 0.3) is 0 Å². The molecule has 0 saturated carbocycles. The lowest BCUT2D eigenvalue weighted by molar-refractivity contribution is -0.121. The van der Waals surface area contributed by atoms with Crippen LogP contribution in [0.4, 0.5) is 0 Å². The third kappa shape index (κ3) is 7.82. The zero-order chi connectivity index (χ0) is 21.9. The molecule has 0 spiro atoms. The first kappa shape index (κ1) is 23.5. The highest BCUT2D eigenvalue weighted by atomic mass is 16.1. The molecule has 3 rings (SSSR count). The van der Waals surface area contributed by atoms with E-state index in [1.807, 2.05) is 0 Å². The second-order valence-corrected chi connectivity index (χ2v) is 8.65. The van der Waals surface area contributed by atoms with E-state index in [1.165, 1.54) is 5.56 Å². The Hall–Kier alpha value is -2.12. The molecule has 31 heavy (non-hydrogen) atoms. The fourth-order valence-electron chi connectivity index (χ4n) is 4.45. The summed E-state index contributed by atoms with van der Waals surface area (Å²) in [5.41, 5.74) is 1.40. The second kappa shape index (κ2) is 12.7. The molecule has 7 nitrogen and oxygen atoms in total. The summed E-state index contributed by atoms with van der Waals surface area (Å²) >= 11 is 0. The lowest BCUT2D eigenvalue weighted by atomic mass is 9.93. The standard InChI is InChI=1S/C24H40N6O/c1-3-26-24(30-12-9-21(10-13-30)19-23(31)25-2)27-11-14-28-15-17-29(18-16-28)20-22-7-5-4-6-8-22/h4-8,21H,3,9-20H2,1-2H3,(H,25,31)(H,26,27). The number of benzene rings is 1. The van der Waals surface area contributed by atoms with Gasteiger partial charge in [-0.1, -0.05) is 30.3 Å². The maximum atomic E-state index is 11.6. The number of likely N-dealkylation sites (tertiary alicyclic amines) is 1. The van der Waals surface area contributed by atoms with Crippen molar-refractivity contribution >= 4 is 11.9 Å². The Morgan fingerprint density at radius 2 is 1.71 bits per heavy atom. The number of amides is 1. The van der Waals surface area contributed by atoms with Gasteiger partial charge in [0.05, 0.1) is 6.54 Å². The summed E-state index contributed by atoms with van der Waals surface area (Å²) in [5, 5.41) is 6.21. The van der Waals surface area contributed by atoms with Gasteiger partial charge in [0, 0.05) is 72.4 Å². The molecule has 0 bridgehead atoms. The van der Waals surface area contributed by atoms with E-state index in [2.05, 4.69) is 62.6 Å². The molecular formula is C24H40N6O. The van der Waals surface area contributed by atoms with Crippen molar-refractivity contribution in [3.8, 4) is 0 Å². The molecule has 7 heteroatoms. The molecule has 2 heterocycles. The monoisotopic (exact) mass is 428 g/mol. The van der Waals surface area contributed by atoms with Crippen LogP contribution in [0.15, 0.2) is 35.3 Å². The van der Waals surface area contributed by atoms with Gasteiger partial charge in [-0.3, -0.25) is 19.6 Å². The molecule has 172 valence electrons. The van der Waals surface area contributed by atoms with Gasteiger partial charge < -0.3 is 15.5 Å². The number of carbonyl (C=O) groups is 1. The Balaban J connectivity index is 1.38. The zero-order valence-corrected chi connectivity index (χ0v) is 19.4. The van der Waals surface area contributed by atoms with Crippen LogP contribution in [0.1, 0.15) is 31.7 Å². The van der Waals surface area contributed by atoms with E-state index >= 15 is 0 Å². The van der Waals surface area contributed by atoms with Crippen molar-refractivity contribution in [2.24, 2.45) is 10.9 Å². The van der Waals surface area contributed by atoms with Gasteiger partial charge in [0.2, 0.25) is 5.91 Å². The van der Waals surface area contributed by atoms with Crippen LogP contribution in [0.5, 0.6) is 0 Å². The number of hydrogen-bond acceptors (Lipinski definition) is 4. The molecule has 0 atom stereocenters. The van der Waals surface area contributed by atoms with Crippen molar-refractivity contribution in [3.63, 3.8) is 0 Å². The molecule has 2 aliphatic rings. The first-order chi connectivity index (χ1) is 15.2.